The molecule has 2 N–H and O–H groups in total. The highest BCUT2D eigenvalue weighted by atomic mass is 79.9. The third-order valence-corrected chi connectivity index (χ3v) is 4.24. The van der Waals surface area contributed by atoms with Gasteiger partial charge in [0.1, 0.15) is 11.5 Å². The highest BCUT2D eigenvalue weighted by Crippen LogP contribution is 2.25. The van der Waals surface area contributed by atoms with E-state index in [1.807, 2.05) is 24.3 Å². The van der Waals surface area contributed by atoms with Gasteiger partial charge in [0.2, 0.25) is 5.91 Å². The average Bonchev–Trinajstić information content (AvgIpc) is 3.12. The molecule has 0 atom stereocenters. The van der Waals surface area contributed by atoms with Crippen molar-refractivity contribution >= 4 is 34.0 Å². The zero-order chi connectivity index (χ0) is 19.2. The molecule has 7 heteroatoms. The number of furan rings is 1. The summed E-state index contributed by atoms with van der Waals surface area (Å²) in [6, 6.07) is 17.3. The first-order valence-electron chi connectivity index (χ1n) is 8.02. The van der Waals surface area contributed by atoms with E-state index in [1.54, 1.807) is 30.3 Å². The van der Waals surface area contributed by atoms with Crippen molar-refractivity contribution in [1.29, 1.82) is 0 Å². The molecule has 1 aromatic heterocycles. The first-order chi connectivity index (χ1) is 13.0. The summed E-state index contributed by atoms with van der Waals surface area (Å²) in [5.41, 5.74) is 3.94. The molecule has 0 aliphatic rings. The Morgan fingerprint density at radius 1 is 1.07 bits per heavy atom. The maximum atomic E-state index is 11.9. The number of aromatic carboxylic acids is 1. The van der Waals surface area contributed by atoms with Crippen LogP contribution >= 0.6 is 15.9 Å². The third kappa shape index (κ3) is 4.92. The van der Waals surface area contributed by atoms with Crippen molar-refractivity contribution in [2.75, 3.05) is 0 Å². The Balaban J connectivity index is 1.63. The SMILES string of the molecule is O=C(Cc1ccc(Br)cc1)N/N=C\c1ccc(-c2ccccc2C(=O)O)o1. The lowest BCUT2D eigenvalue weighted by atomic mass is 10.1. The van der Waals surface area contributed by atoms with Gasteiger partial charge in [0.15, 0.2) is 0 Å². The number of nitrogens with zero attached hydrogens (tertiary/aromatic N) is 1. The van der Waals surface area contributed by atoms with E-state index in [9.17, 15) is 14.7 Å². The topological polar surface area (TPSA) is 91.9 Å². The fourth-order valence-corrected chi connectivity index (χ4v) is 2.71. The average molecular weight is 427 g/mol. The molecular weight excluding hydrogens is 412 g/mol. The maximum Gasteiger partial charge on any atom is 0.336 e. The summed E-state index contributed by atoms with van der Waals surface area (Å²) >= 11 is 3.34. The molecule has 1 heterocycles. The fraction of sp³-hybridized carbons (Fsp3) is 0.0500. The number of carboxylic acids is 1. The van der Waals surface area contributed by atoms with Gasteiger partial charge < -0.3 is 9.52 Å². The van der Waals surface area contributed by atoms with E-state index >= 15 is 0 Å². The molecule has 6 nitrogen and oxygen atoms in total. The molecule has 0 fully saturated rings. The van der Waals surface area contributed by atoms with Crippen molar-refractivity contribution in [3.8, 4) is 11.3 Å². The van der Waals surface area contributed by atoms with Gasteiger partial charge in [-0.15, -0.1) is 0 Å². The van der Waals surface area contributed by atoms with Gasteiger partial charge in [0.25, 0.3) is 0 Å². The molecule has 0 spiro atoms. The zero-order valence-corrected chi connectivity index (χ0v) is 15.6. The van der Waals surface area contributed by atoms with Crippen molar-refractivity contribution in [3.63, 3.8) is 0 Å². The Hall–Kier alpha value is -3.19. The van der Waals surface area contributed by atoms with Crippen molar-refractivity contribution in [1.82, 2.24) is 5.43 Å². The van der Waals surface area contributed by atoms with Crippen LogP contribution in [-0.4, -0.2) is 23.2 Å². The third-order valence-electron chi connectivity index (χ3n) is 3.71. The number of carbonyl (C=O) groups excluding carboxylic acids is 1. The first-order valence-corrected chi connectivity index (χ1v) is 8.81. The molecular formula is C20H15BrN2O4. The minimum absolute atomic E-state index is 0.151. The van der Waals surface area contributed by atoms with Crippen molar-refractivity contribution in [3.05, 3.63) is 82.0 Å². The standard InChI is InChI=1S/C20H15BrN2O4/c21-14-7-5-13(6-8-14)11-19(24)23-22-12-15-9-10-18(27-15)16-3-1-2-4-17(16)20(25)26/h1-10,12H,11H2,(H,23,24)(H,25,26)/b22-12-. The molecule has 27 heavy (non-hydrogen) atoms. The summed E-state index contributed by atoms with van der Waals surface area (Å²) in [5.74, 6) is -0.473. The molecule has 0 unspecified atom stereocenters. The van der Waals surface area contributed by atoms with Crippen LogP contribution in [0, 0.1) is 0 Å². The van der Waals surface area contributed by atoms with Gasteiger partial charge in [-0.2, -0.15) is 5.10 Å². The number of halogens is 1. The van der Waals surface area contributed by atoms with Gasteiger partial charge in [-0.1, -0.05) is 46.3 Å². The van der Waals surface area contributed by atoms with E-state index in [0.717, 1.165) is 10.0 Å². The summed E-state index contributed by atoms with van der Waals surface area (Å²) in [4.78, 5) is 23.2. The summed E-state index contributed by atoms with van der Waals surface area (Å²) in [6.07, 6.45) is 1.58. The predicted molar refractivity (Wildman–Crippen MR) is 105 cm³/mol. The number of amides is 1. The summed E-state index contributed by atoms with van der Waals surface area (Å²) in [5, 5.41) is 13.1. The lowest BCUT2D eigenvalue weighted by Gasteiger charge is -2.02. The van der Waals surface area contributed by atoms with Crippen molar-refractivity contribution in [2.24, 2.45) is 5.10 Å². The zero-order valence-electron chi connectivity index (χ0n) is 14.1. The Bertz CT molecular complexity index is 993. The molecule has 0 aliphatic carbocycles. The molecule has 0 aliphatic heterocycles. The van der Waals surface area contributed by atoms with Gasteiger partial charge in [0, 0.05) is 10.0 Å². The number of rotatable bonds is 6. The monoisotopic (exact) mass is 426 g/mol. The van der Waals surface area contributed by atoms with Crippen molar-refractivity contribution < 1.29 is 19.1 Å². The number of carboxylic acid groups (broad SMARTS) is 1. The molecule has 0 saturated heterocycles. The quantitative estimate of drug-likeness (QED) is 0.458. The van der Waals surface area contributed by atoms with E-state index in [-0.39, 0.29) is 17.9 Å². The first kappa shape index (κ1) is 18.6. The number of hydrogen-bond donors (Lipinski definition) is 2. The summed E-state index contributed by atoms with van der Waals surface area (Å²) < 4.78 is 6.55. The fourth-order valence-electron chi connectivity index (χ4n) is 2.45. The minimum atomic E-state index is -1.03. The predicted octanol–water partition coefficient (Wildman–Crippen LogP) is 4.10. The molecule has 2 aromatic carbocycles. The van der Waals surface area contributed by atoms with Crippen LogP contribution in [0.15, 0.2) is 74.7 Å². The Labute approximate surface area is 163 Å². The van der Waals surface area contributed by atoms with Crippen molar-refractivity contribution in [2.45, 2.75) is 6.42 Å². The van der Waals surface area contributed by atoms with Gasteiger partial charge >= 0.3 is 5.97 Å². The van der Waals surface area contributed by atoms with Crippen LogP contribution in [0.2, 0.25) is 0 Å². The second kappa shape index (κ2) is 8.46. The molecule has 0 bridgehead atoms. The molecule has 136 valence electrons. The van der Waals surface area contributed by atoms with E-state index in [2.05, 4.69) is 26.5 Å². The van der Waals surface area contributed by atoms with Gasteiger partial charge in [0.05, 0.1) is 18.2 Å². The highest BCUT2D eigenvalue weighted by molar-refractivity contribution is 9.10. The maximum absolute atomic E-state index is 11.9. The van der Waals surface area contributed by atoms with Crippen LogP contribution in [0.1, 0.15) is 21.7 Å². The van der Waals surface area contributed by atoms with E-state index in [0.29, 0.717) is 17.1 Å². The van der Waals surface area contributed by atoms with Gasteiger partial charge in [-0.05, 0) is 35.9 Å². The Morgan fingerprint density at radius 3 is 2.56 bits per heavy atom. The number of hydrazone groups is 1. The van der Waals surface area contributed by atoms with E-state index < -0.39 is 5.97 Å². The number of nitrogens with one attached hydrogen (secondary N) is 1. The van der Waals surface area contributed by atoms with Crippen LogP contribution in [0.25, 0.3) is 11.3 Å². The summed E-state index contributed by atoms with van der Waals surface area (Å²) in [6.45, 7) is 0. The molecule has 3 rings (SSSR count). The lowest BCUT2D eigenvalue weighted by Crippen LogP contribution is -2.19. The molecule has 0 radical (unpaired) electrons. The summed E-state index contributed by atoms with van der Waals surface area (Å²) in [7, 11) is 0. The molecule has 1 amide bonds. The largest absolute Gasteiger partial charge is 0.478 e. The lowest BCUT2D eigenvalue weighted by molar-refractivity contribution is -0.120. The van der Waals surface area contributed by atoms with Crippen LogP contribution in [0.4, 0.5) is 0 Å². The highest BCUT2D eigenvalue weighted by Gasteiger charge is 2.13. The smallest absolute Gasteiger partial charge is 0.336 e. The minimum Gasteiger partial charge on any atom is -0.478 e. The van der Waals surface area contributed by atoms with Crippen LogP contribution in [0.3, 0.4) is 0 Å². The van der Waals surface area contributed by atoms with Crippen LogP contribution in [0.5, 0.6) is 0 Å². The normalized spacial score (nSPS) is 10.9. The van der Waals surface area contributed by atoms with Crippen LogP contribution in [-0.2, 0) is 11.2 Å². The number of carbonyl (C=O) groups is 2. The molecule has 3 aromatic rings. The van der Waals surface area contributed by atoms with Crippen LogP contribution < -0.4 is 5.43 Å². The number of benzene rings is 2. The van der Waals surface area contributed by atoms with E-state index in [1.165, 1.54) is 12.3 Å². The second-order valence-electron chi connectivity index (χ2n) is 5.65. The second-order valence-corrected chi connectivity index (χ2v) is 6.56. The van der Waals surface area contributed by atoms with Gasteiger partial charge in [-0.25, -0.2) is 10.2 Å². The van der Waals surface area contributed by atoms with Gasteiger partial charge in [-0.3, -0.25) is 4.79 Å². The number of hydrogen-bond acceptors (Lipinski definition) is 4. The Kier molecular flexibility index (Phi) is 5.83. The van der Waals surface area contributed by atoms with E-state index in [4.69, 9.17) is 4.42 Å². The Morgan fingerprint density at radius 2 is 1.81 bits per heavy atom. The molecule has 0 saturated carbocycles.